The van der Waals surface area contributed by atoms with E-state index in [0.29, 0.717) is 12.3 Å². The van der Waals surface area contributed by atoms with Gasteiger partial charge >= 0.3 is 5.97 Å². The van der Waals surface area contributed by atoms with Gasteiger partial charge in [-0.15, -0.1) is 0 Å². The molecule has 0 amide bonds. The minimum atomic E-state index is -0.792. The average molecular weight is 212 g/mol. The highest BCUT2D eigenvalue weighted by Crippen LogP contribution is 2.49. The van der Waals surface area contributed by atoms with Gasteiger partial charge in [0.05, 0.1) is 11.4 Å². The second-order valence-electron chi connectivity index (χ2n) is 4.02. The molecule has 1 aliphatic carbocycles. The first-order valence-electron chi connectivity index (χ1n) is 5.20. The summed E-state index contributed by atoms with van der Waals surface area (Å²) < 4.78 is 0. The van der Waals surface area contributed by atoms with Gasteiger partial charge in [-0.2, -0.15) is 0 Å². The number of hydrogen-bond donors (Lipinski definition) is 1. The van der Waals surface area contributed by atoms with Crippen LogP contribution in [0.2, 0.25) is 0 Å². The van der Waals surface area contributed by atoms with Gasteiger partial charge in [0.25, 0.3) is 0 Å². The van der Waals surface area contributed by atoms with E-state index in [1.165, 1.54) is 0 Å². The fourth-order valence-corrected chi connectivity index (χ4v) is 1.96. The van der Waals surface area contributed by atoms with Gasteiger partial charge < -0.3 is 5.11 Å². The summed E-state index contributed by atoms with van der Waals surface area (Å²) in [7, 11) is 0. The minimum absolute atomic E-state index is 0.0297. The summed E-state index contributed by atoms with van der Waals surface area (Å²) in [5.41, 5.74) is 1.80. The van der Waals surface area contributed by atoms with Crippen molar-refractivity contribution < 1.29 is 9.90 Å². The number of benzene rings is 1. The van der Waals surface area contributed by atoms with Crippen molar-refractivity contribution in [3.05, 3.63) is 48.0 Å². The molecule has 1 N–H and O–H groups in total. The molecule has 0 saturated heterocycles. The number of pyridine rings is 1. The van der Waals surface area contributed by atoms with Crippen LogP contribution < -0.4 is 0 Å². The number of carboxylic acids is 1. The van der Waals surface area contributed by atoms with Crippen LogP contribution >= 0.6 is 0 Å². The minimum Gasteiger partial charge on any atom is -0.481 e. The van der Waals surface area contributed by atoms with E-state index in [-0.39, 0.29) is 5.92 Å². The predicted octanol–water partition coefficient (Wildman–Crippen LogP) is 2.38. The third kappa shape index (κ3) is 1.45. The maximum atomic E-state index is 10.7. The van der Waals surface area contributed by atoms with Crippen LogP contribution in [-0.2, 0) is 4.79 Å². The highest BCUT2D eigenvalue weighted by Gasteiger charge is 2.46. The fourth-order valence-electron chi connectivity index (χ4n) is 1.96. The standard InChI is InChI=1S/C13H10NO2/c15-13(16)10-7-9(10)12-6-5-8-3-1-2-4-11(8)14-12/h1-6,9H,7H2,(H,15,16). The van der Waals surface area contributed by atoms with Crippen LogP contribution in [0, 0.1) is 5.92 Å². The summed E-state index contributed by atoms with van der Waals surface area (Å²) in [6.07, 6.45) is 0.640. The van der Waals surface area contributed by atoms with Crippen molar-refractivity contribution in [1.82, 2.24) is 4.98 Å². The SMILES string of the molecule is O=C(O)[C]1CC1c1ccc2ccccc2n1. The summed E-state index contributed by atoms with van der Waals surface area (Å²) in [5.74, 6) is -0.190. The van der Waals surface area contributed by atoms with Crippen molar-refractivity contribution in [3.8, 4) is 0 Å². The molecule has 1 radical (unpaired) electrons. The zero-order valence-corrected chi connectivity index (χ0v) is 8.55. The van der Waals surface area contributed by atoms with E-state index in [2.05, 4.69) is 4.98 Å². The Hall–Kier alpha value is -1.90. The predicted molar refractivity (Wildman–Crippen MR) is 60.0 cm³/mol. The molecule has 1 aliphatic rings. The van der Waals surface area contributed by atoms with Crippen LogP contribution in [0.5, 0.6) is 0 Å². The Morgan fingerprint density at radius 2 is 2.06 bits per heavy atom. The zero-order valence-electron chi connectivity index (χ0n) is 8.55. The molecule has 79 valence electrons. The molecular weight excluding hydrogens is 202 g/mol. The molecule has 1 aromatic heterocycles. The zero-order chi connectivity index (χ0) is 11.1. The molecule has 16 heavy (non-hydrogen) atoms. The van der Waals surface area contributed by atoms with E-state index in [9.17, 15) is 4.79 Å². The highest BCUT2D eigenvalue weighted by atomic mass is 16.4. The molecule has 3 nitrogen and oxygen atoms in total. The van der Waals surface area contributed by atoms with E-state index in [1.807, 2.05) is 36.4 Å². The number of aliphatic carboxylic acids is 1. The highest BCUT2D eigenvalue weighted by molar-refractivity contribution is 5.90. The summed E-state index contributed by atoms with van der Waals surface area (Å²) in [6, 6.07) is 11.8. The van der Waals surface area contributed by atoms with Crippen LogP contribution in [0.3, 0.4) is 0 Å². The topological polar surface area (TPSA) is 50.2 Å². The number of fused-ring (bicyclic) bond motifs is 1. The lowest BCUT2D eigenvalue weighted by atomic mass is 10.1. The van der Waals surface area contributed by atoms with E-state index < -0.39 is 5.97 Å². The Labute approximate surface area is 92.7 Å². The Morgan fingerprint density at radius 3 is 2.81 bits per heavy atom. The second-order valence-corrected chi connectivity index (χ2v) is 4.02. The average Bonchev–Trinajstić information content (AvgIpc) is 3.08. The maximum Gasteiger partial charge on any atom is 0.311 e. The number of nitrogens with zero attached hydrogens (tertiary/aromatic N) is 1. The Kier molecular flexibility index (Phi) is 1.93. The third-order valence-electron chi connectivity index (χ3n) is 2.94. The molecule has 0 bridgehead atoms. The molecule has 1 heterocycles. The van der Waals surface area contributed by atoms with Gasteiger partial charge in [0.2, 0.25) is 0 Å². The van der Waals surface area contributed by atoms with Crippen molar-refractivity contribution in [3.63, 3.8) is 0 Å². The lowest BCUT2D eigenvalue weighted by Gasteiger charge is -2.00. The van der Waals surface area contributed by atoms with Gasteiger partial charge in [0.1, 0.15) is 0 Å². The summed E-state index contributed by atoms with van der Waals surface area (Å²) >= 11 is 0. The number of carboxylic acid groups (broad SMARTS) is 1. The Balaban J connectivity index is 1.98. The first-order chi connectivity index (χ1) is 7.75. The van der Waals surface area contributed by atoms with Crippen LogP contribution in [0.25, 0.3) is 10.9 Å². The van der Waals surface area contributed by atoms with Crippen LogP contribution in [0.4, 0.5) is 0 Å². The Morgan fingerprint density at radius 1 is 1.25 bits per heavy atom. The van der Waals surface area contributed by atoms with Crippen LogP contribution in [0.1, 0.15) is 18.0 Å². The lowest BCUT2D eigenvalue weighted by molar-refractivity contribution is -0.133. The van der Waals surface area contributed by atoms with E-state index in [4.69, 9.17) is 5.11 Å². The second kappa shape index (κ2) is 3.30. The normalized spacial score (nSPS) is 19.9. The van der Waals surface area contributed by atoms with Crippen molar-refractivity contribution >= 4 is 16.9 Å². The van der Waals surface area contributed by atoms with Gasteiger partial charge in [-0.05, 0) is 18.6 Å². The monoisotopic (exact) mass is 212 g/mol. The molecule has 0 spiro atoms. The van der Waals surface area contributed by atoms with Gasteiger partial charge in [-0.3, -0.25) is 9.78 Å². The molecule has 3 rings (SSSR count). The van der Waals surface area contributed by atoms with Crippen molar-refractivity contribution in [1.29, 1.82) is 0 Å². The van der Waals surface area contributed by atoms with Gasteiger partial charge in [-0.1, -0.05) is 24.3 Å². The first-order valence-corrected chi connectivity index (χ1v) is 5.20. The molecule has 1 unspecified atom stereocenters. The largest absolute Gasteiger partial charge is 0.481 e. The molecule has 1 saturated carbocycles. The van der Waals surface area contributed by atoms with Gasteiger partial charge in [0, 0.05) is 17.0 Å². The molecule has 1 atom stereocenters. The first kappa shape index (κ1) is 9.33. The van der Waals surface area contributed by atoms with Crippen molar-refractivity contribution in [2.45, 2.75) is 12.3 Å². The molecule has 1 aromatic carbocycles. The quantitative estimate of drug-likeness (QED) is 0.831. The maximum absolute atomic E-state index is 10.7. The van der Waals surface area contributed by atoms with Gasteiger partial charge in [-0.25, -0.2) is 0 Å². The molecule has 3 heteroatoms. The lowest BCUT2D eigenvalue weighted by Crippen LogP contribution is -1.98. The van der Waals surface area contributed by atoms with Crippen LogP contribution in [-0.4, -0.2) is 16.1 Å². The van der Waals surface area contributed by atoms with E-state index in [1.54, 1.807) is 0 Å². The summed E-state index contributed by atoms with van der Waals surface area (Å²) in [4.78, 5) is 15.2. The molecular formula is C13H10NO2. The number of hydrogen-bond acceptors (Lipinski definition) is 2. The van der Waals surface area contributed by atoms with Gasteiger partial charge in [0.15, 0.2) is 0 Å². The number of carbonyl (C=O) groups is 1. The molecule has 0 aliphatic heterocycles. The smallest absolute Gasteiger partial charge is 0.311 e. The summed E-state index contributed by atoms with van der Waals surface area (Å²) in [5, 5.41) is 9.92. The van der Waals surface area contributed by atoms with Crippen molar-refractivity contribution in [2.75, 3.05) is 0 Å². The third-order valence-corrected chi connectivity index (χ3v) is 2.94. The van der Waals surface area contributed by atoms with E-state index >= 15 is 0 Å². The number of para-hydroxylation sites is 1. The number of aromatic nitrogens is 1. The van der Waals surface area contributed by atoms with E-state index in [0.717, 1.165) is 16.6 Å². The fraction of sp³-hybridized carbons (Fsp3) is 0.154. The van der Waals surface area contributed by atoms with Crippen LogP contribution in [0.15, 0.2) is 36.4 Å². The molecule has 2 aromatic rings. The Bertz CT molecular complexity index is 565. The number of rotatable bonds is 2. The molecule has 1 fully saturated rings. The van der Waals surface area contributed by atoms with Crippen molar-refractivity contribution in [2.24, 2.45) is 0 Å². The summed E-state index contributed by atoms with van der Waals surface area (Å²) in [6.45, 7) is 0.